The van der Waals surface area contributed by atoms with Crippen molar-refractivity contribution in [1.82, 2.24) is 10.2 Å². The molecule has 0 aliphatic carbocycles. The number of carbonyl (C=O) groups excluding carboxylic acids is 2. The lowest BCUT2D eigenvalue weighted by molar-refractivity contribution is -0.140. The highest BCUT2D eigenvalue weighted by Crippen LogP contribution is 2.28. The third-order valence-corrected chi connectivity index (χ3v) is 8.13. The Morgan fingerprint density at radius 3 is 2.28 bits per heavy atom. The summed E-state index contributed by atoms with van der Waals surface area (Å²) >= 11 is 5.99. The largest absolute Gasteiger partial charge is 0.352 e. The van der Waals surface area contributed by atoms with E-state index in [-0.39, 0.29) is 34.1 Å². The van der Waals surface area contributed by atoms with Crippen LogP contribution in [0.2, 0.25) is 5.02 Å². The summed E-state index contributed by atoms with van der Waals surface area (Å²) in [6, 6.07) is 17.6. The molecule has 0 saturated carbocycles. The number of anilines is 1. The Morgan fingerprint density at radius 2 is 1.69 bits per heavy atom. The molecule has 3 aromatic rings. The molecule has 208 valence electrons. The lowest BCUT2D eigenvalue weighted by Crippen LogP contribution is -2.53. The van der Waals surface area contributed by atoms with E-state index in [9.17, 15) is 22.4 Å². The average Bonchev–Trinajstić information content (AvgIpc) is 2.88. The molecule has 0 fully saturated rings. The molecule has 0 heterocycles. The molecule has 1 atom stereocenters. The normalized spacial score (nSPS) is 12.2. The van der Waals surface area contributed by atoms with Crippen LogP contribution in [0.25, 0.3) is 0 Å². The van der Waals surface area contributed by atoms with Crippen LogP contribution < -0.4 is 9.62 Å². The van der Waals surface area contributed by atoms with Gasteiger partial charge in [0.15, 0.2) is 0 Å². The summed E-state index contributed by atoms with van der Waals surface area (Å²) in [5, 5.41) is 2.57. The first-order valence-electron chi connectivity index (χ1n) is 12.6. The van der Waals surface area contributed by atoms with E-state index in [0.29, 0.717) is 6.42 Å². The number of aryl methyl sites for hydroxylation is 1. The summed E-state index contributed by atoms with van der Waals surface area (Å²) in [7, 11) is -4.26. The third-order valence-electron chi connectivity index (χ3n) is 6.05. The lowest BCUT2D eigenvalue weighted by Gasteiger charge is -2.33. The second-order valence-electron chi connectivity index (χ2n) is 9.52. The molecule has 3 rings (SSSR count). The van der Waals surface area contributed by atoms with Gasteiger partial charge >= 0.3 is 0 Å². The van der Waals surface area contributed by atoms with Gasteiger partial charge in [0.25, 0.3) is 10.0 Å². The predicted molar refractivity (Wildman–Crippen MR) is 151 cm³/mol. The fourth-order valence-corrected chi connectivity index (χ4v) is 5.80. The predicted octanol–water partition coefficient (Wildman–Crippen LogP) is 5.31. The van der Waals surface area contributed by atoms with Crippen molar-refractivity contribution >= 4 is 39.1 Å². The quantitative estimate of drug-likeness (QED) is 0.337. The zero-order valence-electron chi connectivity index (χ0n) is 22.4. The molecule has 0 aromatic heterocycles. The molecular weight excluding hydrogens is 541 g/mol. The minimum atomic E-state index is -4.26. The highest BCUT2D eigenvalue weighted by atomic mass is 35.5. The number of rotatable bonds is 11. The van der Waals surface area contributed by atoms with Crippen LogP contribution in [-0.2, 0) is 26.2 Å². The first kappa shape index (κ1) is 30.1. The van der Waals surface area contributed by atoms with Gasteiger partial charge in [0.2, 0.25) is 11.8 Å². The molecule has 3 aromatic carbocycles. The van der Waals surface area contributed by atoms with Crippen molar-refractivity contribution in [3.63, 3.8) is 0 Å². The second-order valence-corrected chi connectivity index (χ2v) is 11.8. The van der Waals surface area contributed by atoms with Crippen LogP contribution in [0.1, 0.15) is 38.3 Å². The number of nitrogens with zero attached hydrogens (tertiary/aromatic N) is 2. The van der Waals surface area contributed by atoms with E-state index < -0.39 is 34.3 Å². The average molecular weight is 574 g/mol. The minimum absolute atomic E-state index is 0.0220. The summed E-state index contributed by atoms with van der Waals surface area (Å²) in [6.07, 6.45) is 0.309. The van der Waals surface area contributed by atoms with Crippen molar-refractivity contribution < 1.29 is 22.4 Å². The zero-order chi connectivity index (χ0) is 28.7. The van der Waals surface area contributed by atoms with Crippen LogP contribution >= 0.6 is 11.6 Å². The fourth-order valence-electron chi connectivity index (χ4n) is 4.20. The molecule has 2 amide bonds. The van der Waals surface area contributed by atoms with Crippen LogP contribution in [0.3, 0.4) is 0 Å². The molecule has 39 heavy (non-hydrogen) atoms. The van der Waals surface area contributed by atoms with Gasteiger partial charge < -0.3 is 10.2 Å². The molecule has 0 aliphatic rings. The van der Waals surface area contributed by atoms with E-state index in [1.807, 2.05) is 45.0 Å². The molecule has 7 nitrogen and oxygen atoms in total. The first-order valence-corrected chi connectivity index (χ1v) is 14.4. The monoisotopic (exact) mass is 573 g/mol. The number of benzene rings is 3. The van der Waals surface area contributed by atoms with Gasteiger partial charge in [0, 0.05) is 12.6 Å². The maximum absolute atomic E-state index is 14.0. The molecule has 0 bridgehead atoms. The van der Waals surface area contributed by atoms with Gasteiger partial charge in [-0.15, -0.1) is 0 Å². The van der Waals surface area contributed by atoms with Gasteiger partial charge in [-0.1, -0.05) is 66.6 Å². The van der Waals surface area contributed by atoms with Crippen LogP contribution in [-0.4, -0.2) is 43.8 Å². The van der Waals surface area contributed by atoms with Crippen molar-refractivity contribution in [2.45, 2.75) is 57.6 Å². The minimum Gasteiger partial charge on any atom is -0.352 e. The van der Waals surface area contributed by atoms with Gasteiger partial charge in [0.05, 0.1) is 15.6 Å². The van der Waals surface area contributed by atoms with Gasteiger partial charge in [-0.2, -0.15) is 0 Å². The van der Waals surface area contributed by atoms with E-state index in [4.69, 9.17) is 11.6 Å². The number of sulfonamides is 1. The van der Waals surface area contributed by atoms with Crippen LogP contribution in [0.5, 0.6) is 0 Å². The maximum atomic E-state index is 14.0. The molecule has 10 heteroatoms. The lowest BCUT2D eigenvalue weighted by atomic mass is 10.1. The number of hydrogen-bond acceptors (Lipinski definition) is 4. The molecule has 0 aliphatic heterocycles. The van der Waals surface area contributed by atoms with Crippen LogP contribution in [0.15, 0.2) is 77.7 Å². The van der Waals surface area contributed by atoms with Crippen molar-refractivity contribution in [3.8, 4) is 0 Å². The number of halogens is 2. The van der Waals surface area contributed by atoms with E-state index in [0.717, 1.165) is 21.5 Å². The number of carbonyl (C=O) groups is 2. The smallest absolute Gasteiger partial charge is 0.264 e. The standard InChI is InChI=1S/C29H33ClFN3O4S/c1-5-27(29(36)32-20(2)3)33(18-22-11-9-10-21(4)16-22)28(35)19-34(23-14-15-26(31)25(30)17-23)39(37,38)24-12-7-6-8-13-24/h6-17,20,27H,5,18-19H2,1-4H3,(H,32,36)/t27-/m0/s1. The van der Waals surface area contributed by atoms with E-state index in [2.05, 4.69) is 5.32 Å². The highest BCUT2D eigenvalue weighted by Gasteiger charge is 2.34. The Hall–Kier alpha value is -3.43. The summed E-state index contributed by atoms with van der Waals surface area (Å²) in [6.45, 7) is 6.82. The third kappa shape index (κ3) is 7.58. The van der Waals surface area contributed by atoms with E-state index in [1.165, 1.54) is 29.2 Å². The second kappa shape index (κ2) is 13.1. The first-order chi connectivity index (χ1) is 18.4. The number of amides is 2. The highest BCUT2D eigenvalue weighted by molar-refractivity contribution is 7.92. The van der Waals surface area contributed by atoms with Crippen molar-refractivity contribution in [2.75, 3.05) is 10.8 Å². The summed E-state index contributed by atoms with van der Waals surface area (Å²) in [5.74, 6) is -1.65. The summed E-state index contributed by atoms with van der Waals surface area (Å²) in [4.78, 5) is 28.5. The Balaban J connectivity index is 2.08. The molecule has 0 spiro atoms. The van der Waals surface area contributed by atoms with Gasteiger partial charge in [0.1, 0.15) is 18.4 Å². The van der Waals surface area contributed by atoms with E-state index >= 15 is 0 Å². The van der Waals surface area contributed by atoms with Crippen LogP contribution in [0.4, 0.5) is 10.1 Å². The molecule has 0 radical (unpaired) electrons. The van der Waals surface area contributed by atoms with E-state index in [1.54, 1.807) is 25.1 Å². The molecular formula is C29H33ClFN3O4S. The molecule has 0 unspecified atom stereocenters. The van der Waals surface area contributed by atoms with Gasteiger partial charge in [-0.25, -0.2) is 12.8 Å². The molecule has 1 N–H and O–H groups in total. The summed E-state index contributed by atoms with van der Waals surface area (Å²) in [5.41, 5.74) is 1.80. The Bertz CT molecular complexity index is 1420. The maximum Gasteiger partial charge on any atom is 0.264 e. The Kier molecular flexibility index (Phi) is 10.1. The Morgan fingerprint density at radius 1 is 1.00 bits per heavy atom. The topological polar surface area (TPSA) is 86.8 Å². The van der Waals surface area contributed by atoms with Gasteiger partial charge in [-0.05, 0) is 63.1 Å². The fraction of sp³-hybridized carbons (Fsp3) is 0.310. The van der Waals surface area contributed by atoms with Crippen LogP contribution in [0, 0.1) is 12.7 Å². The van der Waals surface area contributed by atoms with Crippen molar-refractivity contribution in [1.29, 1.82) is 0 Å². The van der Waals surface area contributed by atoms with Crippen molar-refractivity contribution in [3.05, 3.63) is 94.8 Å². The Labute approximate surface area is 234 Å². The molecule has 0 saturated heterocycles. The van der Waals surface area contributed by atoms with Crippen molar-refractivity contribution in [2.24, 2.45) is 0 Å². The summed E-state index contributed by atoms with van der Waals surface area (Å²) < 4.78 is 42.4. The zero-order valence-corrected chi connectivity index (χ0v) is 24.0. The van der Waals surface area contributed by atoms with Gasteiger partial charge in [-0.3, -0.25) is 13.9 Å². The SMILES string of the molecule is CC[C@@H](C(=O)NC(C)C)N(Cc1cccc(C)c1)C(=O)CN(c1ccc(F)c(Cl)c1)S(=O)(=O)c1ccccc1. The number of hydrogen-bond donors (Lipinski definition) is 1. The number of nitrogens with one attached hydrogen (secondary N) is 1.